The molecule has 2 N–H and O–H groups in total. The lowest BCUT2D eigenvalue weighted by Gasteiger charge is -2.20. The van der Waals surface area contributed by atoms with Gasteiger partial charge >= 0.3 is 0 Å². The van der Waals surface area contributed by atoms with Gasteiger partial charge in [-0.05, 0) is 31.0 Å². The highest BCUT2D eigenvalue weighted by molar-refractivity contribution is 6.33. The quantitative estimate of drug-likeness (QED) is 0.868. The van der Waals surface area contributed by atoms with Gasteiger partial charge in [0.2, 0.25) is 0 Å². The molecule has 0 saturated carbocycles. The first-order valence-corrected chi connectivity index (χ1v) is 6.12. The highest BCUT2D eigenvalue weighted by atomic mass is 35.5. The second kappa shape index (κ2) is 5.92. The van der Waals surface area contributed by atoms with Crippen LogP contribution in [-0.2, 0) is 0 Å². The number of phenolic OH excluding ortho intramolecular Hbond substituents is 1. The van der Waals surface area contributed by atoms with Gasteiger partial charge in [0.15, 0.2) is 0 Å². The van der Waals surface area contributed by atoms with Gasteiger partial charge < -0.3 is 10.4 Å². The fraction of sp³-hybridized carbons (Fsp3) is 0.462. The average Bonchev–Trinajstić information content (AvgIpc) is 2.30. The normalized spacial score (nSPS) is 14.1. The van der Waals surface area contributed by atoms with Gasteiger partial charge in [-0.2, -0.15) is 0 Å². The number of carbonyl (C=O) groups is 1. The van der Waals surface area contributed by atoms with E-state index in [1.807, 2.05) is 6.92 Å². The summed E-state index contributed by atoms with van der Waals surface area (Å²) in [5.74, 6) is 0.185. The fourth-order valence-electron chi connectivity index (χ4n) is 1.47. The van der Waals surface area contributed by atoms with Crippen LogP contribution in [0.1, 0.15) is 37.6 Å². The summed E-state index contributed by atoms with van der Waals surface area (Å²) in [7, 11) is 0. The molecule has 0 aliphatic rings. The van der Waals surface area contributed by atoms with E-state index >= 15 is 0 Å². The van der Waals surface area contributed by atoms with Gasteiger partial charge in [-0.1, -0.05) is 31.9 Å². The monoisotopic (exact) mass is 255 g/mol. The molecule has 0 radical (unpaired) electrons. The van der Waals surface area contributed by atoms with Gasteiger partial charge in [0.1, 0.15) is 5.75 Å². The number of halogens is 1. The maximum Gasteiger partial charge on any atom is 0.253 e. The minimum atomic E-state index is -0.251. The largest absolute Gasteiger partial charge is 0.508 e. The Hall–Kier alpha value is -1.22. The Balaban J connectivity index is 2.79. The van der Waals surface area contributed by atoms with Crippen LogP contribution in [-0.4, -0.2) is 17.1 Å². The van der Waals surface area contributed by atoms with E-state index in [0.29, 0.717) is 16.5 Å². The molecule has 3 nitrogen and oxygen atoms in total. The number of amides is 1. The molecule has 94 valence electrons. The summed E-state index contributed by atoms with van der Waals surface area (Å²) in [5, 5.41) is 12.6. The van der Waals surface area contributed by atoms with Crippen molar-refractivity contribution in [1.82, 2.24) is 5.32 Å². The summed E-state index contributed by atoms with van der Waals surface area (Å²) in [6.07, 6.45) is 0.995. The highest BCUT2D eigenvalue weighted by Gasteiger charge is 2.16. The molecule has 4 heteroatoms. The van der Waals surface area contributed by atoms with Crippen molar-refractivity contribution >= 4 is 17.5 Å². The molecule has 0 fully saturated rings. The van der Waals surface area contributed by atoms with Crippen molar-refractivity contribution in [3.63, 3.8) is 0 Å². The Morgan fingerprint density at radius 2 is 2.12 bits per heavy atom. The van der Waals surface area contributed by atoms with Crippen molar-refractivity contribution in [1.29, 1.82) is 0 Å². The number of phenols is 1. The van der Waals surface area contributed by atoms with E-state index in [9.17, 15) is 9.90 Å². The third-order valence-electron chi connectivity index (χ3n) is 3.05. The number of rotatable bonds is 4. The van der Waals surface area contributed by atoms with Crippen LogP contribution >= 0.6 is 11.6 Å². The fourth-order valence-corrected chi connectivity index (χ4v) is 1.67. The maximum atomic E-state index is 11.9. The van der Waals surface area contributed by atoms with Crippen LogP contribution in [0.3, 0.4) is 0 Å². The van der Waals surface area contributed by atoms with Gasteiger partial charge in [0.05, 0.1) is 10.6 Å². The van der Waals surface area contributed by atoms with E-state index in [2.05, 4.69) is 19.2 Å². The van der Waals surface area contributed by atoms with E-state index in [1.54, 1.807) is 0 Å². The predicted octanol–water partition coefficient (Wildman–Crippen LogP) is 3.21. The minimum absolute atomic E-state index is 0.0377. The smallest absolute Gasteiger partial charge is 0.253 e. The van der Waals surface area contributed by atoms with Crippen molar-refractivity contribution in [2.75, 3.05) is 0 Å². The van der Waals surface area contributed by atoms with Crippen molar-refractivity contribution in [2.45, 2.75) is 33.2 Å². The number of benzene rings is 1. The number of hydrogen-bond donors (Lipinski definition) is 2. The van der Waals surface area contributed by atoms with Crippen molar-refractivity contribution < 1.29 is 9.90 Å². The van der Waals surface area contributed by atoms with Gasteiger partial charge in [0, 0.05) is 6.04 Å². The van der Waals surface area contributed by atoms with Crippen molar-refractivity contribution in [3.05, 3.63) is 28.8 Å². The first-order chi connectivity index (χ1) is 7.95. The molecule has 1 amide bonds. The van der Waals surface area contributed by atoms with Crippen LogP contribution in [0, 0.1) is 5.92 Å². The molecule has 0 aliphatic carbocycles. The molecule has 1 aromatic rings. The SMILES string of the molecule is CCC(C)C(C)NC(=O)c1cc(O)ccc1Cl. The summed E-state index contributed by atoms with van der Waals surface area (Å²) in [6, 6.07) is 4.42. The van der Waals surface area contributed by atoms with E-state index in [0.717, 1.165) is 6.42 Å². The lowest BCUT2D eigenvalue weighted by atomic mass is 10.0. The van der Waals surface area contributed by atoms with E-state index in [-0.39, 0.29) is 17.7 Å². The molecule has 2 atom stereocenters. The van der Waals surface area contributed by atoms with E-state index in [1.165, 1.54) is 18.2 Å². The zero-order valence-corrected chi connectivity index (χ0v) is 11.1. The van der Waals surface area contributed by atoms with Crippen molar-refractivity contribution in [3.8, 4) is 5.75 Å². The summed E-state index contributed by atoms with van der Waals surface area (Å²) in [5.41, 5.74) is 0.307. The third kappa shape index (κ3) is 3.63. The summed E-state index contributed by atoms with van der Waals surface area (Å²) < 4.78 is 0. The molecule has 2 unspecified atom stereocenters. The predicted molar refractivity (Wildman–Crippen MR) is 69.5 cm³/mol. The van der Waals surface area contributed by atoms with Crippen molar-refractivity contribution in [2.24, 2.45) is 5.92 Å². The van der Waals surface area contributed by atoms with Gasteiger partial charge in [-0.3, -0.25) is 4.79 Å². The van der Waals surface area contributed by atoms with E-state index < -0.39 is 0 Å². The molecule has 0 saturated heterocycles. The average molecular weight is 256 g/mol. The minimum Gasteiger partial charge on any atom is -0.508 e. The molecule has 0 heterocycles. The molecule has 17 heavy (non-hydrogen) atoms. The molecular formula is C13H18ClNO2. The van der Waals surface area contributed by atoms with Crippen LogP contribution < -0.4 is 5.32 Å². The second-order valence-electron chi connectivity index (χ2n) is 4.31. The Kier molecular flexibility index (Phi) is 4.82. The Morgan fingerprint density at radius 3 is 2.71 bits per heavy atom. The van der Waals surface area contributed by atoms with Crippen LogP contribution in [0.5, 0.6) is 5.75 Å². The van der Waals surface area contributed by atoms with Crippen LogP contribution in [0.4, 0.5) is 0 Å². The summed E-state index contributed by atoms with van der Waals surface area (Å²) in [4.78, 5) is 11.9. The first-order valence-electron chi connectivity index (χ1n) is 5.75. The first kappa shape index (κ1) is 13.8. The molecule has 0 bridgehead atoms. The molecule has 0 spiro atoms. The Labute approximate surface area is 107 Å². The Bertz CT molecular complexity index is 406. The molecule has 1 aromatic carbocycles. The van der Waals surface area contributed by atoms with Gasteiger partial charge in [-0.25, -0.2) is 0 Å². The molecule has 1 rings (SSSR count). The van der Waals surface area contributed by atoms with Crippen LogP contribution in [0.25, 0.3) is 0 Å². The van der Waals surface area contributed by atoms with E-state index in [4.69, 9.17) is 11.6 Å². The standard InChI is InChI=1S/C13H18ClNO2/c1-4-8(2)9(3)15-13(17)11-7-10(16)5-6-12(11)14/h5-9,16H,4H2,1-3H3,(H,15,17). The van der Waals surface area contributed by atoms with Gasteiger partial charge in [-0.15, -0.1) is 0 Å². The summed E-state index contributed by atoms with van der Waals surface area (Å²) >= 11 is 5.92. The topological polar surface area (TPSA) is 49.3 Å². The molecular weight excluding hydrogens is 238 g/mol. The Morgan fingerprint density at radius 1 is 1.47 bits per heavy atom. The van der Waals surface area contributed by atoms with Crippen LogP contribution in [0.15, 0.2) is 18.2 Å². The highest BCUT2D eigenvalue weighted by Crippen LogP contribution is 2.21. The third-order valence-corrected chi connectivity index (χ3v) is 3.38. The maximum absolute atomic E-state index is 11.9. The zero-order valence-electron chi connectivity index (χ0n) is 10.3. The van der Waals surface area contributed by atoms with Gasteiger partial charge in [0.25, 0.3) is 5.91 Å². The molecule has 0 aromatic heterocycles. The summed E-state index contributed by atoms with van der Waals surface area (Å²) in [6.45, 7) is 6.12. The lowest BCUT2D eigenvalue weighted by molar-refractivity contribution is 0.0928. The molecule has 0 aliphatic heterocycles. The van der Waals surface area contributed by atoms with Crippen LogP contribution in [0.2, 0.25) is 5.02 Å². The number of hydrogen-bond acceptors (Lipinski definition) is 2. The lowest BCUT2D eigenvalue weighted by Crippen LogP contribution is -2.37. The zero-order chi connectivity index (χ0) is 13.0. The number of carbonyl (C=O) groups excluding carboxylic acids is 1. The number of aromatic hydroxyl groups is 1. The second-order valence-corrected chi connectivity index (χ2v) is 4.72. The number of nitrogens with one attached hydrogen (secondary N) is 1.